The predicted octanol–water partition coefficient (Wildman–Crippen LogP) is 1.84. The molecule has 0 fully saturated rings. The van der Waals surface area contributed by atoms with Crippen molar-refractivity contribution < 1.29 is 18.0 Å². The van der Waals surface area contributed by atoms with Crippen LogP contribution >= 0.6 is 0 Å². The lowest BCUT2D eigenvalue weighted by Crippen LogP contribution is -2.51. The number of amides is 2. The molecule has 0 saturated heterocycles. The van der Waals surface area contributed by atoms with Crippen LogP contribution in [-0.2, 0) is 26.0 Å². The summed E-state index contributed by atoms with van der Waals surface area (Å²) in [5.74, 6) is -1.11. The second-order valence-corrected chi connectivity index (χ2v) is 8.27. The Hall–Kier alpha value is -3.43. The van der Waals surface area contributed by atoms with Crippen LogP contribution in [0.5, 0.6) is 0 Å². The second-order valence-electron chi connectivity index (χ2n) is 6.67. The molecule has 8 nitrogen and oxygen atoms in total. The SMILES string of the molecule is C[C@@H](NS(=O)(=O)/C=C/c1ccccc1)C(=O)NNC(=O)Cc1c[nH]c2ccccc12. The lowest BCUT2D eigenvalue weighted by atomic mass is 10.1. The fourth-order valence-corrected chi connectivity index (χ4v) is 3.82. The molecule has 9 heteroatoms. The number of H-pyrrole nitrogens is 1. The highest BCUT2D eigenvalue weighted by atomic mass is 32.2. The first-order valence-electron chi connectivity index (χ1n) is 9.23. The molecule has 1 atom stereocenters. The van der Waals surface area contributed by atoms with Crippen molar-refractivity contribution in [2.24, 2.45) is 0 Å². The number of aromatic amines is 1. The number of hydrogen-bond acceptors (Lipinski definition) is 4. The molecule has 0 bridgehead atoms. The van der Waals surface area contributed by atoms with E-state index in [1.54, 1.807) is 30.5 Å². The van der Waals surface area contributed by atoms with E-state index >= 15 is 0 Å². The normalized spacial score (nSPS) is 12.7. The minimum Gasteiger partial charge on any atom is -0.361 e. The van der Waals surface area contributed by atoms with Gasteiger partial charge in [0.1, 0.15) is 0 Å². The first-order chi connectivity index (χ1) is 14.3. The number of hydrazine groups is 1. The predicted molar refractivity (Wildman–Crippen MR) is 115 cm³/mol. The van der Waals surface area contributed by atoms with E-state index in [2.05, 4.69) is 20.6 Å². The van der Waals surface area contributed by atoms with Gasteiger partial charge in [-0.3, -0.25) is 20.4 Å². The van der Waals surface area contributed by atoms with E-state index in [9.17, 15) is 18.0 Å². The van der Waals surface area contributed by atoms with Gasteiger partial charge in [0, 0.05) is 22.5 Å². The molecule has 30 heavy (non-hydrogen) atoms. The lowest BCUT2D eigenvalue weighted by molar-refractivity contribution is -0.129. The third kappa shape index (κ3) is 5.79. The number of carbonyl (C=O) groups is 2. The van der Waals surface area contributed by atoms with Crippen molar-refractivity contribution in [1.82, 2.24) is 20.6 Å². The zero-order valence-corrected chi connectivity index (χ0v) is 17.1. The number of aromatic nitrogens is 1. The lowest BCUT2D eigenvalue weighted by Gasteiger charge is -2.13. The summed E-state index contributed by atoms with van der Waals surface area (Å²) in [4.78, 5) is 27.3. The molecule has 3 aromatic rings. The molecule has 3 rings (SSSR count). The van der Waals surface area contributed by atoms with Crippen LogP contribution in [0.15, 0.2) is 66.2 Å². The fourth-order valence-electron chi connectivity index (χ4n) is 2.81. The van der Waals surface area contributed by atoms with Crippen molar-refractivity contribution in [2.45, 2.75) is 19.4 Å². The fraction of sp³-hybridized carbons (Fsp3) is 0.143. The van der Waals surface area contributed by atoms with Crippen LogP contribution in [0.25, 0.3) is 17.0 Å². The Morgan fingerprint density at radius 3 is 2.50 bits per heavy atom. The standard InChI is InChI=1S/C21H22N4O4S/c1-15(25-30(28,29)12-11-16-7-3-2-4-8-16)21(27)24-23-20(26)13-17-14-22-19-10-6-5-9-18(17)19/h2-12,14-15,22,25H,13H2,1H3,(H,23,26)(H,24,27)/b12-11+/t15-/m1/s1. The molecule has 0 aliphatic rings. The van der Waals surface area contributed by atoms with Crippen LogP contribution in [0.4, 0.5) is 0 Å². The largest absolute Gasteiger partial charge is 0.361 e. The Labute approximate surface area is 174 Å². The molecule has 0 spiro atoms. The van der Waals surface area contributed by atoms with E-state index in [1.807, 2.05) is 30.3 Å². The highest BCUT2D eigenvalue weighted by Gasteiger charge is 2.19. The van der Waals surface area contributed by atoms with Gasteiger partial charge >= 0.3 is 0 Å². The summed E-state index contributed by atoms with van der Waals surface area (Å²) >= 11 is 0. The van der Waals surface area contributed by atoms with Crippen molar-refractivity contribution in [3.63, 3.8) is 0 Å². The Kier molecular flexibility index (Phi) is 6.65. The monoisotopic (exact) mass is 426 g/mol. The first kappa shape index (κ1) is 21.3. The van der Waals surface area contributed by atoms with E-state index in [0.29, 0.717) is 5.56 Å². The van der Waals surface area contributed by atoms with Crippen molar-refractivity contribution in [3.05, 3.63) is 77.3 Å². The molecule has 0 aliphatic carbocycles. The zero-order chi connectivity index (χ0) is 21.6. The summed E-state index contributed by atoms with van der Waals surface area (Å²) in [5.41, 5.74) is 6.96. The van der Waals surface area contributed by atoms with Crippen molar-refractivity contribution in [1.29, 1.82) is 0 Å². The maximum atomic E-state index is 12.1. The van der Waals surface area contributed by atoms with Crippen LogP contribution in [0.2, 0.25) is 0 Å². The summed E-state index contributed by atoms with van der Waals surface area (Å²) < 4.78 is 26.5. The van der Waals surface area contributed by atoms with Crippen LogP contribution in [0, 0.1) is 0 Å². The van der Waals surface area contributed by atoms with Crippen LogP contribution < -0.4 is 15.6 Å². The molecule has 1 aromatic heterocycles. The van der Waals surface area contributed by atoms with Crippen LogP contribution in [0.3, 0.4) is 0 Å². The van der Waals surface area contributed by atoms with Gasteiger partial charge in [-0.2, -0.15) is 4.72 Å². The van der Waals surface area contributed by atoms with Gasteiger partial charge in [-0.05, 0) is 30.2 Å². The molecule has 0 aliphatic heterocycles. The number of hydrogen-bond donors (Lipinski definition) is 4. The van der Waals surface area contributed by atoms with E-state index in [0.717, 1.165) is 21.9 Å². The molecule has 4 N–H and O–H groups in total. The first-order valence-corrected chi connectivity index (χ1v) is 10.8. The van der Waals surface area contributed by atoms with Crippen molar-refractivity contribution >= 4 is 38.8 Å². The average molecular weight is 426 g/mol. The molecule has 2 amide bonds. The summed E-state index contributed by atoms with van der Waals surface area (Å²) in [7, 11) is -3.84. The van der Waals surface area contributed by atoms with E-state index < -0.39 is 27.9 Å². The summed E-state index contributed by atoms with van der Waals surface area (Å²) in [6.45, 7) is 1.38. The van der Waals surface area contributed by atoms with Gasteiger partial charge in [0.05, 0.1) is 12.5 Å². The van der Waals surface area contributed by atoms with Gasteiger partial charge in [-0.25, -0.2) is 8.42 Å². The molecule has 0 saturated carbocycles. The van der Waals surface area contributed by atoms with E-state index in [1.165, 1.54) is 13.0 Å². The number of nitrogens with one attached hydrogen (secondary N) is 4. The molecular formula is C21H22N4O4S. The minimum absolute atomic E-state index is 0.0597. The van der Waals surface area contributed by atoms with Gasteiger partial charge in [-0.1, -0.05) is 48.5 Å². The smallest absolute Gasteiger partial charge is 0.256 e. The number of para-hydroxylation sites is 1. The molecule has 2 aromatic carbocycles. The van der Waals surface area contributed by atoms with Gasteiger partial charge in [-0.15, -0.1) is 0 Å². The molecule has 0 radical (unpaired) electrons. The maximum Gasteiger partial charge on any atom is 0.256 e. The minimum atomic E-state index is -3.84. The van der Waals surface area contributed by atoms with E-state index in [4.69, 9.17) is 0 Å². The van der Waals surface area contributed by atoms with Gasteiger partial charge in [0.25, 0.3) is 5.91 Å². The summed E-state index contributed by atoms with van der Waals surface area (Å²) in [6, 6.07) is 15.4. The third-order valence-corrected chi connectivity index (χ3v) is 5.50. The van der Waals surface area contributed by atoms with Gasteiger partial charge in [0.15, 0.2) is 0 Å². The molecule has 156 valence electrons. The van der Waals surface area contributed by atoms with Gasteiger partial charge in [0.2, 0.25) is 15.9 Å². The zero-order valence-electron chi connectivity index (χ0n) is 16.3. The number of fused-ring (bicyclic) bond motifs is 1. The maximum absolute atomic E-state index is 12.1. The summed E-state index contributed by atoms with van der Waals surface area (Å²) in [6.07, 6.45) is 3.22. The third-order valence-electron chi connectivity index (χ3n) is 4.32. The van der Waals surface area contributed by atoms with Crippen molar-refractivity contribution in [2.75, 3.05) is 0 Å². The summed E-state index contributed by atoms with van der Waals surface area (Å²) in [5, 5.41) is 1.91. The second kappa shape index (κ2) is 9.38. The number of carbonyl (C=O) groups excluding carboxylic acids is 2. The van der Waals surface area contributed by atoms with Crippen LogP contribution in [-0.4, -0.2) is 31.3 Å². The van der Waals surface area contributed by atoms with Gasteiger partial charge < -0.3 is 4.98 Å². The average Bonchev–Trinajstić information content (AvgIpc) is 3.14. The Bertz CT molecular complexity index is 1170. The topological polar surface area (TPSA) is 120 Å². The number of rotatable bonds is 7. The van der Waals surface area contributed by atoms with Crippen LogP contribution in [0.1, 0.15) is 18.1 Å². The quantitative estimate of drug-likeness (QED) is 0.431. The highest BCUT2D eigenvalue weighted by molar-refractivity contribution is 7.92. The molecule has 1 heterocycles. The highest BCUT2D eigenvalue weighted by Crippen LogP contribution is 2.17. The Balaban J connectivity index is 1.50. The Morgan fingerprint density at radius 1 is 1.03 bits per heavy atom. The molecular weight excluding hydrogens is 404 g/mol. The number of sulfonamides is 1. The Morgan fingerprint density at radius 2 is 1.73 bits per heavy atom. The number of benzene rings is 2. The molecule has 0 unspecified atom stereocenters. The van der Waals surface area contributed by atoms with E-state index in [-0.39, 0.29) is 6.42 Å². The van der Waals surface area contributed by atoms with Crippen molar-refractivity contribution in [3.8, 4) is 0 Å².